The average Bonchev–Trinajstić information content (AvgIpc) is 2.43. The molecule has 37 heteroatoms. The number of nitrogens with one attached hydrogen (secondary N) is 2. The number of aliphatic imine (C=N–C) groups is 2. The van der Waals surface area contributed by atoms with Crippen molar-refractivity contribution in [2.45, 2.75) is 74.6 Å². The SMILES string of the molecule is C#CCOCCOCCOCCOCCN(C)S(=O)(=O)N(CCOCCN(C)C(=O)O[C@@H]([C@@H]1OC(C(=O)O)=C[C@H](N=C(N)N)[C@H]1NC(C)=O)[C@H](O)CO)CCOCCN(C)C(=O)O[C@@H]([C@@H]1OC(C(=O)O)=C[C@H](N=C(N)N)[C@H]1NC(C)=O)[C@H](O)CO. The third kappa shape index (κ3) is 26.5. The first kappa shape index (κ1) is 74.2. The second-order valence-electron chi connectivity index (χ2n) is 18.5. The van der Waals surface area contributed by atoms with Gasteiger partial charge in [0.2, 0.25) is 23.3 Å². The zero-order chi connectivity index (χ0) is 63.8. The van der Waals surface area contributed by atoms with Gasteiger partial charge in [0.25, 0.3) is 10.2 Å². The lowest BCUT2D eigenvalue weighted by Gasteiger charge is -2.40. The van der Waals surface area contributed by atoms with Crippen molar-refractivity contribution in [1.82, 2.24) is 29.0 Å². The van der Waals surface area contributed by atoms with Crippen LogP contribution in [0.5, 0.6) is 0 Å². The molecule has 0 saturated carbocycles. The molecule has 0 spiro atoms. The van der Waals surface area contributed by atoms with E-state index >= 15 is 0 Å². The maximum Gasteiger partial charge on any atom is 0.410 e. The van der Waals surface area contributed by atoms with E-state index in [2.05, 4.69) is 26.5 Å². The Hall–Kier alpha value is -6.93. The predicted molar refractivity (Wildman–Crippen MR) is 294 cm³/mol. The van der Waals surface area contributed by atoms with Crippen LogP contribution in [0.25, 0.3) is 0 Å². The fraction of sp³-hybridized carbons (Fsp3) is 0.708. The summed E-state index contributed by atoms with van der Waals surface area (Å²) in [6.45, 7) is -0.256. The van der Waals surface area contributed by atoms with Crippen LogP contribution in [0.4, 0.5) is 9.59 Å². The topological polar surface area (TPSA) is 516 Å². The van der Waals surface area contributed by atoms with E-state index in [1.807, 2.05) is 0 Å². The Labute approximate surface area is 491 Å². The van der Waals surface area contributed by atoms with Gasteiger partial charge in [-0.1, -0.05) is 5.92 Å². The van der Waals surface area contributed by atoms with Crippen LogP contribution in [0, 0.1) is 12.3 Å². The quantitative estimate of drug-likeness (QED) is 0.0117. The van der Waals surface area contributed by atoms with Gasteiger partial charge in [0.1, 0.15) is 18.8 Å². The Morgan fingerprint density at radius 1 is 0.612 bits per heavy atom. The standard InChI is InChI=1S/C48H82N12O24S/c1-7-13-75-19-21-79-23-24-80-22-20-78-16-10-59(6)85(73,74)60(11-17-76-14-8-57(4)47(71)83-39(33(65)27-61)41-37(53-29(2)63)31(55-45(49)50)25-35(81-41)43(67)68)12-18-77-15-9-58(5)48(72)84-40(34(66)28-62)42-38(54-30(3)64)32(56-46(51)52)26-36(82-42)44(69)70/h1,25-26,31-34,37-42,61-62,65-66H,8-24,27-28H2,2-6H3,(H,53,63)(H,54,64)(H,67,68)(H,69,70)(H4,49,50,55)(H4,51,52,56)/t31-,32-,33+,34+,37+,38+,39+,40+,41+,42+/m0/s1. The second kappa shape index (κ2) is 38.9. The number of hydrogen-bond donors (Lipinski definition) is 12. The van der Waals surface area contributed by atoms with E-state index in [9.17, 15) is 67.8 Å². The van der Waals surface area contributed by atoms with Crippen molar-refractivity contribution in [2.75, 3.05) is 146 Å². The van der Waals surface area contributed by atoms with Crippen molar-refractivity contribution in [3.05, 3.63) is 23.7 Å². The van der Waals surface area contributed by atoms with Crippen LogP contribution in [0.1, 0.15) is 13.8 Å². The molecule has 0 aromatic rings. The Morgan fingerprint density at radius 2 is 0.953 bits per heavy atom. The first-order valence-corrected chi connectivity index (χ1v) is 27.6. The Kier molecular flexibility index (Phi) is 33.9. The van der Waals surface area contributed by atoms with E-state index in [1.165, 1.54) is 21.1 Å². The minimum Gasteiger partial charge on any atom is -0.477 e. The molecule has 2 heterocycles. The molecule has 36 nitrogen and oxygen atoms in total. The van der Waals surface area contributed by atoms with Gasteiger partial charge in [-0.15, -0.1) is 6.42 Å². The van der Waals surface area contributed by atoms with Crippen LogP contribution in [0.15, 0.2) is 33.7 Å². The number of carboxylic acids is 2. The molecular formula is C48H82N12O24S. The van der Waals surface area contributed by atoms with Crippen LogP contribution in [0.3, 0.4) is 0 Å². The molecule has 0 aromatic heterocycles. The number of nitrogens with zero attached hydrogens (tertiary/aromatic N) is 6. The third-order valence-corrected chi connectivity index (χ3v) is 13.9. The molecule has 484 valence electrons. The number of carbonyl (C=O) groups is 6. The number of nitrogens with two attached hydrogens (primary N) is 4. The van der Waals surface area contributed by atoms with Gasteiger partial charge in [0, 0.05) is 67.7 Å². The lowest BCUT2D eigenvalue weighted by Crippen LogP contribution is -2.61. The summed E-state index contributed by atoms with van der Waals surface area (Å²) in [7, 11) is -0.446. The third-order valence-electron chi connectivity index (χ3n) is 11.9. The number of aliphatic hydroxyl groups excluding tert-OH is 4. The predicted octanol–water partition coefficient (Wildman–Crippen LogP) is -7.19. The van der Waals surface area contributed by atoms with Crippen molar-refractivity contribution in [2.24, 2.45) is 32.9 Å². The van der Waals surface area contributed by atoms with Gasteiger partial charge in [0.05, 0.1) is 110 Å². The number of carboxylic acid groups (broad SMARTS) is 2. The zero-order valence-electron chi connectivity index (χ0n) is 47.9. The minimum atomic E-state index is -4.29. The first-order valence-electron chi connectivity index (χ1n) is 26.2. The highest BCUT2D eigenvalue weighted by Crippen LogP contribution is 2.29. The highest BCUT2D eigenvalue weighted by molar-refractivity contribution is 7.86. The van der Waals surface area contributed by atoms with Crippen molar-refractivity contribution in [3.63, 3.8) is 0 Å². The van der Waals surface area contributed by atoms with Gasteiger partial charge >= 0.3 is 24.1 Å². The normalized spacial score (nSPS) is 19.9. The summed E-state index contributed by atoms with van der Waals surface area (Å²) < 4.78 is 85.2. The average molecular weight is 1240 g/mol. The molecule has 0 radical (unpaired) electrons. The van der Waals surface area contributed by atoms with Crippen molar-refractivity contribution in [1.29, 1.82) is 0 Å². The molecule has 0 unspecified atom stereocenters. The molecule has 16 N–H and O–H groups in total. The molecule has 2 rings (SSSR count). The number of terminal acetylenes is 1. The number of likely N-dealkylation sites (N-methyl/N-ethyl adjacent to an activating group) is 3. The largest absolute Gasteiger partial charge is 0.477 e. The highest BCUT2D eigenvalue weighted by atomic mass is 32.2. The summed E-state index contributed by atoms with van der Waals surface area (Å²) in [6, 6.07) is -5.27. The Bertz CT molecular complexity index is 2290. The van der Waals surface area contributed by atoms with E-state index in [0.29, 0.717) is 19.8 Å². The number of aliphatic hydroxyl groups is 4. The van der Waals surface area contributed by atoms with Gasteiger partial charge in [-0.3, -0.25) is 9.59 Å². The number of ether oxygens (including phenoxy) is 10. The number of guanidine groups is 2. The molecule has 85 heavy (non-hydrogen) atoms. The van der Waals surface area contributed by atoms with E-state index in [-0.39, 0.29) is 92.2 Å². The maximum absolute atomic E-state index is 14.0. The molecule has 0 fully saturated rings. The Balaban J connectivity index is 2.18. The number of amides is 4. The molecule has 0 bridgehead atoms. The fourth-order valence-corrected chi connectivity index (χ4v) is 9.02. The number of hydrogen-bond acceptors (Lipinski definition) is 24. The first-order chi connectivity index (χ1) is 40.2. The van der Waals surface area contributed by atoms with Crippen molar-refractivity contribution < 1.29 is 115 Å². The van der Waals surface area contributed by atoms with Gasteiger partial charge in [-0.2, -0.15) is 17.0 Å². The summed E-state index contributed by atoms with van der Waals surface area (Å²) >= 11 is 0. The van der Waals surface area contributed by atoms with E-state index in [1.54, 1.807) is 0 Å². The Morgan fingerprint density at radius 3 is 1.29 bits per heavy atom. The molecule has 0 aliphatic carbocycles. The summed E-state index contributed by atoms with van der Waals surface area (Å²) in [6.07, 6.45) is -6.00. The number of aliphatic carboxylic acids is 2. The van der Waals surface area contributed by atoms with E-state index in [4.69, 9.17) is 76.7 Å². The van der Waals surface area contributed by atoms with Crippen LogP contribution in [-0.2, 0) is 76.8 Å². The van der Waals surface area contributed by atoms with Gasteiger partial charge in [-0.25, -0.2) is 29.2 Å². The molecule has 0 aromatic carbocycles. The van der Waals surface area contributed by atoms with Crippen LogP contribution >= 0.6 is 0 Å². The molecular weight excluding hydrogens is 1160 g/mol. The minimum absolute atomic E-state index is 0.0374. The maximum atomic E-state index is 14.0. The second-order valence-corrected chi connectivity index (χ2v) is 20.5. The van der Waals surface area contributed by atoms with Crippen molar-refractivity contribution in [3.8, 4) is 12.3 Å². The summed E-state index contributed by atoms with van der Waals surface area (Å²) in [4.78, 5) is 85.2. The molecule has 4 amide bonds. The summed E-state index contributed by atoms with van der Waals surface area (Å²) in [5.41, 5.74) is 22.2. The molecule has 2 aliphatic rings. The van der Waals surface area contributed by atoms with Crippen molar-refractivity contribution >= 4 is 58.1 Å². The summed E-state index contributed by atoms with van der Waals surface area (Å²) in [5.74, 6) is -4.65. The van der Waals surface area contributed by atoms with Crippen LogP contribution < -0.4 is 33.6 Å². The summed E-state index contributed by atoms with van der Waals surface area (Å²) in [5, 5.41) is 66.0. The molecule has 0 saturated heterocycles. The molecule has 10 atom stereocenters. The van der Waals surface area contributed by atoms with Gasteiger partial charge in [0.15, 0.2) is 36.3 Å². The molecule has 2 aliphatic heterocycles. The van der Waals surface area contributed by atoms with Crippen LogP contribution in [-0.4, -0.2) is 312 Å². The fourth-order valence-electron chi connectivity index (χ4n) is 7.71. The highest BCUT2D eigenvalue weighted by Gasteiger charge is 2.48. The van der Waals surface area contributed by atoms with E-state index < -0.39 is 144 Å². The smallest absolute Gasteiger partial charge is 0.410 e. The van der Waals surface area contributed by atoms with E-state index in [0.717, 1.165) is 44.4 Å². The van der Waals surface area contributed by atoms with Gasteiger partial charge < -0.3 is 121 Å². The van der Waals surface area contributed by atoms with Gasteiger partial charge in [-0.05, 0) is 12.2 Å². The van der Waals surface area contributed by atoms with Crippen LogP contribution in [0.2, 0.25) is 0 Å². The lowest BCUT2D eigenvalue weighted by atomic mass is 9.92. The monoisotopic (exact) mass is 1240 g/mol. The number of carbonyl (C=O) groups excluding carboxylic acids is 4. The lowest BCUT2D eigenvalue weighted by molar-refractivity contribution is -0.147. The zero-order valence-corrected chi connectivity index (χ0v) is 48.7. The number of rotatable bonds is 41.